The van der Waals surface area contributed by atoms with Gasteiger partial charge in [-0.15, -0.1) is 0 Å². The summed E-state index contributed by atoms with van der Waals surface area (Å²) in [7, 11) is 1.77. The third-order valence-corrected chi connectivity index (χ3v) is 5.62. The van der Waals surface area contributed by atoms with Crippen LogP contribution in [-0.2, 0) is 4.79 Å². The van der Waals surface area contributed by atoms with Gasteiger partial charge in [-0.3, -0.25) is 4.79 Å². The van der Waals surface area contributed by atoms with Crippen molar-refractivity contribution in [3.05, 3.63) is 48.0 Å². The second-order valence-corrected chi connectivity index (χ2v) is 6.61. The number of rotatable bonds is 2. The summed E-state index contributed by atoms with van der Waals surface area (Å²) in [5.74, 6) is 2.11. The first kappa shape index (κ1) is 12.9. The second-order valence-electron chi connectivity index (χ2n) is 6.61. The molecular weight excluding hydrogens is 258 g/mol. The Kier molecular flexibility index (Phi) is 2.99. The maximum atomic E-state index is 12.3. The summed E-state index contributed by atoms with van der Waals surface area (Å²) in [6, 6.07) is 15.2. The van der Waals surface area contributed by atoms with Crippen LogP contribution in [0.4, 0.5) is 0 Å². The fourth-order valence-electron chi connectivity index (χ4n) is 4.73. The highest BCUT2D eigenvalue weighted by molar-refractivity contribution is 5.84. The molecule has 2 aromatic rings. The van der Waals surface area contributed by atoms with E-state index in [0.29, 0.717) is 17.8 Å². The fourth-order valence-corrected chi connectivity index (χ4v) is 4.73. The molecule has 1 amide bonds. The minimum absolute atomic E-state index is 0.176. The van der Waals surface area contributed by atoms with Crippen LogP contribution >= 0.6 is 0 Å². The van der Waals surface area contributed by atoms with Crippen LogP contribution in [0, 0.1) is 17.8 Å². The molecule has 108 valence electrons. The topological polar surface area (TPSA) is 29.1 Å². The summed E-state index contributed by atoms with van der Waals surface area (Å²) >= 11 is 0. The third-order valence-electron chi connectivity index (χ3n) is 5.62. The molecular formula is C19H21NO. The van der Waals surface area contributed by atoms with E-state index in [1.165, 1.54) is 35.6 Å². The van der Waals surface area contributed by atoms with Gasteiger partial charge in [0, 0.05) is 13.0 Å². The molecule has 0 radical (unpaired) electrons. The maximum absolute atomic E-state index is 12.3. The molecule has 2 nitrogen and oxygen atoms in total. The molecule has 1 N–H and O–H groups in total. The molecule has 21 heavy (non-hydrogen) atoms. The second kappa shape index (κ2) is 4.87. The molecule has 0 spiro atoms. The smallest absolute Gasteiger partial charge is 0.223 e. The lowest BCUT2D eigenvalue weighted by Gasteiger charge is -2.30. The van der Waals surface area contributed by atoms with E-state index in [1.807, 2.05) is 0 Å². The van der Waals surface area contributed by atoms with Crippen molar-refractivity contribution in [1.82, 2.24) is 5.32 Å². The van der Waals surface area contributed by atoms with E-state index in [9.17, 15) is 4.79 Å². The number of benzene rings is 2. The molecule has 2 unspecified atom stereocenters. The SMILES string of the molecule is CNC(=O)[C@H]1C2CCC(C2)[C@@H]1c1ccc2ccccc2c1. The van der Waals surface area contributed by atoms with E-state index in [1.54, 1.807) is 7.05 Å². The normalized spacial score (nSPS) is 30.7. The molecule has 2 aliphatic rings. The van der Waals surface area contributed by atoms with Gasteiger partial charge in [-0.2, -0.15) is 0 Å². The van der Waals surface area contributed by atoms with Gasteiger partial charge >= 0.3 is 0 Å². The molecule has 4 atom stereocenters. The number of hydrogen-bond donors (Lipinski definition) is 1. The van der Waals surface area contributed by atoms with Crippen LogP contribution in [0.15, 0.2) is 42.5 Å². The first-order chi connectivity index (χ1) is 10.3. The molecule has 2 bridgehead atoms. The van der Waals surface area contributed by atoms with Crippen LogP contribution in [0.25, 0.3) is 10.8 Å². The van der Waals surface area contributed by atoms with Crippen molar-refractivity contribution in [3.63, 3.8) is 0 Å². The lowest BCUT2D eigenvalue weighted by atomic mass is 9.74. The highest BCUT2D eigenvalue weighted by Crippen LogP contribution is 2.56. The fraction of sp³-hybridized carbons (Fsp3) is 0.421. The quantitative estimate of drug-likeness (QED) is 0.892. The Hall–Kier alpha value is -1.83. The Bertz CT molecular complexity index is 693. The average Bonchev–Trinajstić information content (AvgIpc) is 3.14. The lowest BCUT2D eigenvalue weighted by molar-refractivity contribution is -0.126. The summed E-state index contributed by atoms with van der Waals surface area (Å²) in [5, 5.41) is 5.45. The van der Waals surface area contributed by atoms with Crippen molar-refractivity contribution in [2.75, 3.05) is 7.05 Å². The van der Waals surface area contributed by atoms with Crippen LogP contribution in [0.5, 0.6) is 0 Å². The first-order valence-corrected chi connectivity index (χ1v) is 7.98. The van der Waals surface area contributed by atoms with Gasteiger partial charge in [-0.05, 0) is 53.4 Å². The third kappa shape index (κ3) is 1.97. The van der Waals surface area contributed by atoms with Crippen molar-refractivity contribution in [2.24, 2.45) is 17.8 Å². The number of fused-ring (bicyclic) bond motifs is 3. The molecule has 2 aromatic carbocycles. The van der Waals surface area contributed by atoms with Crippen LogP contribution in [0.1, 0.15) is 30.7 Å². The Labute approximate surface area is 125 Å². The molecule has 0 saturated heterocycles. The van der Waals surface area contributed by atoms with E-state index < -0.39 is 0 Å². The molecule has 2 heteroatoms. The predicted octanol–water partition coefficient (Wildman–Crippen LogP) is 3.72. The Morgan fingerprint density at radius 3 is 2.62 bits per heavy atom. The van der Waals surface area contributed by atoms with E-state index >= 15 is 0 Å². The van der Waals surface area contributed by atoms with Gasteiger partial charge in [0.1, 0.15) is 0 Å². The zero-order chi connectivity index (χ0) is 14.4. The Balaban J connectivity index is 1.77. The van der Waals surface area contributed by atoms with Crippen LogP contribution < -0.4 is 5.32 Å². The highest BCUT2D eigenvalue weighted by Gasteiger charge is 2.50. The van der Waals surface area contributed by atoms with E-state index in [0.717, 1.165) is 0 Å². The van der Waals surface area contributed by atoms with Crippen LogP contribution in [-0.4, -0.2) is 13.0 Å². The number of carbonyl (C=O) groups is 1. The van der Waals surface area contributed by atoms with Gasteiger partial charge in [0.05, 0.1) is 0 Å². The average molecular weight is 279 g/mol. The molecule has 0 aromatic heterocycles. The summed E-state index contributed by atoms with van der Waals surface area (Å²) in [5.41, 5.74) is 1.36. The standard InChI is InChI=1S/C19H21NO/c1-20-19(21)18-16-9-8-15(11-16)17(18)14-7-6-12-4-2-3-5-13(12)10-14/h2-7,10,15-18H,8-9,11H2,1H3,(H,20,21)/t15?,16?,17-,18-/m0/s1. The van der Waals surface area contributed by atoms with Crippen molar-refractivity contribution in [1.29, 1.82) is 0 Å². The summed E-state index contributed by atoms with van der Waals surface area (Å²) in [4.78, 5) is 12.3. The Morgan fingerprint density at radius 2 is 1.81 bits per heavy atom. The molecule has 4 rings (SSSR count). The summed E-state index contributed by atoms with van der Waals surface area (Å²) in [6.07, 6.45) is 3.75. The molecule has 2 saturated carbocycles. The number of hydrogen-bond acceptors (Lipinski definition) is 1. The minimum atomic E-state index is 0.176. The summed E-state index contributed by atoms with van der Waals surface area (Å²) < 4.78 is 0. The zero-order valence-electron chi connectivity index (χ0n) is 12.4. The van der Waals surface area contributed by atoms with Gasteiger partial charge in [0.15, 0.2) is 0 Å². The van der Waals surface area contributed by atoms with E-state index in [4.69, 9.17) is 0 Å². The van der Waals surface area contributed by atoms with Crippen molar-refractivity contribution in [2.45, 2.75) is 25.2 Å². The monoisotopic (exact) mass is 279 g/mol. The van der Waals surface area contributed by atoms with E-state index in [-0.39, 0.29) is 11.8 Å². The van der Waals surface area contributed by atoms with Gasteiger partial charge in [-0.1, -0.05) is 42.5 Å². The largest absolute Gasteiger partial charge is 0.359 e. The van der Waals surface area contributed by atoms with Gasteiger partial charge in [0.25, 0.3) is 0 Å². The number of amides is 1. The molecule has 0 heterocycles. The van der Waals surface area contributed by atoms with Gasteiger partial charge < -0.3 is 5.32 Å². The summed E-state index contributed by atoms with van der Waals surface area (Å²) in [6.45, 7) is 0. The molecule has 2 aliphatic carbocycles. The Morgan fingerprint density at radius 1 is 1.05 bits per heavy atom. The van der Waals surface area contributed by atoms with Crippen molar-refractivity contribution >= 4 is 16.7 Å². The molecule has 2 fully saturated rings. The van der Waals surface area contributed by atoms with E-state index in [2.05, 4.69) is 47.8 Å². The first-order valence-electron chi connectivity index (χ1n) is 7.98. The number of nitrogens with one attached hydrogen (secondary N) is 1. The maximum Gasteiger partial charge on any atom is 0.223 e. The van der Waals surface area contributed by atoms with Gasteiger partial charge in [-0.25, -0.2) is 0 Å². The highest BCUT2D eigenvalue weighted by atomic mass is 16.1. The lowest BCUT2D eigenvalue weighted by Crippen LogP contribution is -2.35. The predicted molar refractivity (Wildman–Crippen MR) is 85.1 cm³/mol. The molecule has 0 aliphatic heterocycles. The minimum Gasteiger partial charge on any atom is -0.359 e. The van der Waals surface area contributed by atoms with Crippen LogP contribution in [0.3, 0.4) is 0 Å². The van der Waals surface area contributed by atoms with Crippen molar-refractivity contribution in [3.8, 4) is 0 Å². The zero-order valence-corrected chi connectivity index (χ0v) is 12.4. The van der Waals surface area contributed by atoms with Gasteiger partial charge in [0.2, 0.25) is 5.91 Å². The van der Waals surface area contributed by atoms with Crippen LogP contribution in [0.2, 0.25) is 0 Å². The van der Waals surface area contributed by atoms with Crippen molar-refractivity contribution < 1.29 is 4.79 Å². The number of carbonyl (C=O) groups excluding carboxylic acids is 1.